The number of rotatable bonds is 7. The zero-order valence-corrected chi connectivity index (χ0v) is 18.2. The molecule has 3 aromatic rings. The normalized spacial score (nSPS) is 12.3. The van der Waals surface area contributed by atoms with Crippen LogP contribution >= 0.6 is 23.1 Å². The number of nitrogens with zero attached hydrogens (tertiary/aromatic N) is 1. The van der Waals surface area contributed by atoms with Crippen LogP contribution in [-0.4, -0.2) is 21.6 Å². The van der Waals surface area contributed by atoms with Crippen LogP contribution in [0.2, 0.25) is 0 Å². The van der Waals surface area contributed by atoms with Crippen LogP contribution in [0, 0.1) is 19.8 Å². The second-order valence-corrected chi connectivity index (χ2v) is 9.22. The van der Waals surface area contributed by atoms with E-state index in [0.29, 0.717) is 16.5 Å². The van der Waals surface area contributed by atoms with E-state index in [0.717, 1.165) is 39.4 Å². The molecule has 0 saturated carbocycles. The van der Waals surface area contributed by atoms with E-state index in [1.165, 1.54) is 11.8 Å². The predicted octanol–water partition coefficient (Wildman–Crippen LogP) is 4.92. The van der Waals surface area contributed by atoms with E-state index < -0.39 is 0 Å². The highest BCUT2D eigenvalue weighted by Gasteiger charge is 2.17. The maximum atomic E-state index is 12.7. The summed E-state index contributed by atoms with van der Waals surface area (Å²) in [5.74, 6) is 0.587. The number of benzene rings is 1. The molecule has 0 spiro atoms. The fourth-order valence-corrected chi connectivity index (χ4v) is 4.77. The van der Waals surface area contributed by atoms with Crippen molar-refractivity contribution in [2.45, 2.75) is 45.7 Å². The number of anilines is 1. The van der Waals surface area contributed by atoms with Gasteiger partial charge < -0.3 is 10.3 Å². The van der Waals surface area contributed by atoms with E-state index in [1.807, 2.05) is 38.1 Å². The molecule has 2 N–H and O–H groups in total. The highest BCUT2D eigenvalue weighted by Crippen LogP contribution is 2.30. The largest absolute Gasteiger partial charge is 0.325 e. The Bertz CT molecular complexity index is 1060. The fourth-order valence-electron chi connectivity index (χ4n) is 3.00. The van der Waals surface area contributed by atoms with E-state index in [9.17, 15) is 9.59 Å². The molecule has 0 aliphatic carbocycles. The molecule has 0 radical (unpaired) electrons. The highest BCUT2D eigenvalue weighted by atomic mass is 32.2. The maximum Gasteiger partial charge on any atom is 0.260 e. The van der Waals surface area contributed by atoms with Gasteiger partial charge in [-0.15, -0.1) is 11.3 Å². The van der Waals surface area contributed by atoms with Crippen molar-refractivity contribution >= 4 is 44.9 Å². The standard InChI is InChI=1S/C21H25N3O2S2/c1-5-12(2)10-15-14(4)28-20-18(15)19(26)23-21(24-20)27-11-17(25)22-16-9-7-6-8-13(16)3/h6-9,12H,5,10-11H2,1-4H3,(H,22,25)(H,23,24,26)/t12-/m1/s1. The Morgan fingerprint density at radius 2 is 2.07 bits per heavy atom. The average Bonchev–Trinajstić information content (AvgIpc) is 2.97. The molecule has 1 amide bonds. The van der Waals surface area contributed by atoms with Gasteiger partial charge in [-0.3, -0.25) is 9.59 Å². The molecular formula is C21H25N3O2S2. The van der Waals surface area contributed by atoms with Gasteiger partial charge >= 0.3 is 0 Å². The van der Waals surface area contributed by atoms with Crippen molar-refractivity contribution in [3.05, 3.63) is 50.6 Å². The minimum absolute atomic E-state index is 0.116. The number of hydrogen-bond acceptors (Lipinski definition) is 5. The van der Waals surface area contributed by atoms with Gasteiger partial charge in [-0.1, -0.05) is 50.2 Å². The van der Waals surface area contributed by atoms with Crippen LogP contribution in [0.3, 0.4) is 0 Å². The summed E-state index contributed by atoms with van der Waals surface area (Å²) in [4.78, 5) is 34.3. The molecule has 0 saturated heterocycles. The summed E-state index contributed by atoms with van der Waals surface area (Å²) in [6, 6.07) is 7.64. The lowest BCUT2D eigenvalue weighted by molar-refractivity contribution is -0.113. The fraction of sp³-hybridized carbons (Fsp3) is 0.381. The van der Waals surface area contributed by atoms with Gasteiger partial charge in [-0.2, -0.15) is 0 Å². The number of para-hydroxylation sites is 1. The Morgan fingerprint density at radius 3 is 2.79 bits per heavy atom. The van der Waals surface area contributed by atoms with Gasteiger partial charge in [0.15, 0.2) is 5.16 Å². The van der Waals surface area contributed by atoms with Gasteiger partial charge in [0.05, 0.1) is 11.1 Å². The monoisotopic (exact) mass is 415 g/mol. The number of fused-ring (bicyclic) bond motifs is 1. The second kappa shape index (κ2) is 8.92. The van der Waals surface area contributed by atoms with Crippen LogP contribution in [-0.2, 0) is 11.2 Å². The molecule has 2 aromatic heterocycles. The number of aryl methyl sites for hydroxylation is 2. The van der Waals surface area contributed by atoms with Crippen LogP contribution in [0.5, 0.6) is 0 Å². The van der Waals surface area contributed by atoms with Gasteiger partial charge in [0.25, 0.3) is 5.56 Å². The van der Waals surface area contributed by atoms with Crippen LogP contribution in [0.4, 0.5) is 5.69 Å². The van der Waals surface area contributed by atoms with Gasteiger partial charge in [-0.05, 0) is 43.4 Å². The van der Waals surface area contributed by atoms with Crippen LogP contribution < -0.4 is 10.9 Å². The third-order valence-electron chi connectivity index (χ3n) is 4.85. The smallest absolute Gasteiger partial charge is 0.260 e. The molecule has 0 aliphatic rings. The van der Waals surface area contributed by atoms with Crippen molar-refractivity contribution in [2.24, 2.45) is 5.92 Å². The number of aromatic amines is 1. The van der Waals surface area contributed by atoms with E-state index in [-0.39, 0.29) is 17.2 Å². The van der Waals surface area contributed by atoms with Crippen molar-refractivity contribution in [1.82, 2.24) is 9.97 Å². The molecule has 5 nitrogen and oxygen atoms in total. The van der Waals surface area contributed by atoms with Gasteiger partial charge in [0.1, 0.15) is 4.83 Å². The summed E-state index contributed by atoms with van der Waals surface area (Å²) in [5.41, 5.74) is 2.80. The molecule has 28 heavy (non-hydrogen) atoms. The summed E-state index contributed by atoms with van der Waals surface area (Å²) in [7, 11) is 0. The van der Waals surface area contributed by atoms with Crippen molar-refractivity contribution in [3.8, 4) is 0 Å². The van der Waals surface area contributed by atoms with E-state index >= 15 is 0 Å². The zero-order valence-electron chi connectivity index (χ0n) is 16.6. The molecule has 1 aromatic carbocycles. The number of carbonyl (C=O) groups is 1. The van der Waals surface area contributed by atoms with Crippen molar-refractivity contribution in [2.75, 3.05) is 11.1 Å². The zero-order chi connectivity index (χ0) is 20.3. The molecule has 1 atom stereocenters. The lowest BCUT2D eigenvalue weighted by atomic mass is 9.98. The molecule has 2 heterocycles. The first kappa shape index (κ1) is 20.6. The van der Waals surface area contributed by atoms with Gasteiger partial charge in [0.2, 0.25) is 5.91 Å². The molecule has 148 valence electrons. The molecule has 3 rings (SSSR count). The van der Waals surface area contributed by atoms with Crippen molar-refractivity contribution < 1.29 is 4.79 Å². The number of thioether (sulfide) groups is 1. The molecule has 7 heteroatoms. The third-order valence-corrected chi connectivity index (χ3v) is 6.76. The molecule has 0 fully saturated rings. The number of aromatic nitrogens is 2. The Balaban J connectivity index is 1.75. The first-order chi connectivity index (χ1) is 13.4. The number of H-pyrrole nitrogens is 1. The Hall–Kier alpha value is -2.12. The molecular weight excluding hydrogens is 390 g/mol. The van der Waals surface area contributed by atoms with Crippen LogP contribution in [0.1, 0.15) is 36.3 Å². The Labute approximate surface area is 173 Å². The maximum absolute atomic E-state index is 12.7. The van der Waals surface area contributed by atoms with Gasteiger partial charge in [0, 0.05) is 10.6 Å². The summed E-state index contributed by atoms with van der Waals surface area (Å²) >= 11 is 2.80. The Kier molecular flexibility index (Phi) is 6.57. The number of carbonyl (C=O) groups excluding carboxylic acids is 1. The lowest BCUT2D eigenvalue weighted by Gasteiger charge is -2.08. The third kappa shape index (κ3) is 4.64. The number of nitrogens with one attached hydrogen (secondary N) is 2. The first-order valence-electron chi connectivity index (χ1n) is 9.39. The Morgan fingerprint density at radius 1 is 1.32 bits per heavy atom. The predicted molar refractivity (Wildman–Crippen MR) is 119 cm³/mol. The quantitative estimate of drug-likeness (QED) is 0.424. The highest BCUT2D eigenvalue weighted by molar-refractivity contribution is 7.99. The lowest BCUT2D eigenvalue weighted by Crippen LogP contribution is -2.16. The summed E-state index contributed by atoms with van der Waals surface area (Å²) in [6.07, 6.45) is 1.96. The molecule has 0 unspecified atom stereocenters. The van der Waals surface area contributed by atoms with E-state index in [4.69, 9.17) is 0 Å². The van der Waals surface area contributed by atoms with Crippen LogP contribution in [0.15, 0.2) is 34.2 Å². The number of amides is 1. The van der Waals surface area contributed by atoms with Crippen molar-refractivity contribution in [3.63, 3.8) is 0 Å². The minimum Gasteiger partial charge on any atom is -0.325 e. The second-order valence-electron chi connectivity index (χ2n) is 7.06. The first-order valence-corrected chi connectivity index (χ1v) is 11.2. The molecule has 0 aliphatic heterocycles. The molecule has 0 bridgehead atoms. The average molecular weight is 416 g/mol. The summed E-state index contributed by atoms with van der Waals surface area (Å²) in [5, 5.41) is 4.08. The SMILES string of the molecule is CC[C@@H](C)Cc1c(C)sc2nc(SCC(=O)Nc3ccccc3C)[nH]c(=O)c12. The van der Waals surface area contributed by atoms with Gasteiger partial charge in [-0.25, -0.2) is 4.98 Å². The van der Waals surface area contributed by atoms with Crippen LogP contribution in [0.25, 0.3) is 10.2 Å². The minimum atomic E-state index is -0.123. The summed E-state index contributed by atoms with van der Waals surface area (Å²) in [6.45, 7) is 8.35. The number of thiophene rings is 1. The van der Waals surface area contributed by atoms with E-state index in [1.54, 1.807) is 11.3 Å². The van der Waals surface area contributed by atoms with E-state index in [2.05, 4.69) is 29.1 Å². The number of hydrogen-bond donors (Lipinski definition) is 2. The summed E-state index contributed by atoms with van der Waals surface area (Å²) < 4.78 is 0. The topological polar surface area (TPSA) is 74.8 Å². The van der Waals surface area contributed by atoms with Crippen molar-refractivity contribution in [1.29, 1.82) is 0 Å².